The summed E-state index contributed by atoms with van der Waals surface area (Å²) in [5, 5.41) is 7.36. The minimum absolute atomic E-state index is 0.412. The first-order valence-corrected chi connectivity index (χ1v) is 6.17. The van der Waals surface area contributed by atoms with Crippen LogP contribution in [0.4, 0.5) is 11.5 Å². The lowest BCUT2D eigenvalue weighted by Gasteiger charge is -2.10. The maximum Gasteiger partial charge on any atom is 0.242 e. The molecule has 0 aliphatic heterocycles. The van der Waals surface area contributed by atoms with Crippen molar-refractivity contribution < 1.29 is 4.74 Å². The summed E-state index contributed by atoms with van der Waals surface area (Å²) in [6, 6.07) is 0. The van der Waals surface area contributed by atoms with Crippen LogP contribution in [-0.2, 0) is 6.54 Å². The third kappa shape index (κ3) is 3.34. The van der Waals surface area contributed by atoms with Gasteiger partial charge < -0.3 is 15.8 Å². The maximum absolute atomic E-state index is 5.92. The number of nitrogens with two attached hydrogens (primary N) is 1. The SMILES string of the molecule is CCOc1ncnc(NCCn2cc(C)cn2)c1N. The van der Waals surface area contributed by atoms with E-state index in [1.165, 1.54) is 6.33 Å². The van der Waals surface area contributed by atoms with Gasteiger partial charge in [-0.05, 0) is 19.4 Å². The van der Waals surface area contributed by atoms with Crippen molar-refractivity contribution >= 4 is 11.5 Å². The fraction of sp³-hybridized carbons (Fsp3) is 0.417. The molecule has 0 bridgehead atoms. The van der Waals surface area contributed by atoms with Gasteiger partial charge in [-0.2, -0.15) is 10.1 Å². The normalized spacial score (nSPS) is 10.4. The lowest BCUT2D eigenvalue weighted by Crippen LogP contribution is -2.13. The van der Waals surface area contributed by atoms with Crippen LogP contribution < -0.4 is 15.8 Å². The molecule has 0 atom stereocenters. The molecule has 3 N–H and O–H groups in total. The Kier molecular flexibility index (Phi) is 4.17. The Morgan fingerprint density at radius 1 is 1.42 bits per heavy atom. The lowest BCUT2D eigenvalue weighted by molar-refractivity contribution is 0.328. The number of aromatic nitrogens is 4. The van der Waals surface area contributed by atoms with Gasteiger partial charge in [0.05, 0.1) is 19.3 Å². The molecule has 0 saturated carbocycles. The molecular weight excluding hydrogens is 244 g/mol. The van der Waals surface area contributed by atoms with Crippen LogP contribution in [-0.4, -0.2) is 32.9 Å². The highest BCUT2D eigenvalue weighted by Gasteiger charge is 2.08. The largest absolute Gasteiger partial charge is 0.476 e. The molecule has 7 heteroatoms. The fourth-order valence-electron chi connectivity index (χ4n) is 1.65. The van der Waals surface area contributed by atoms with E-state index in [1.807, 2.05) is 30.9 Å². The Morgan fingerprint density at radius 2 is 2.26 bits per heavy atom. The third-order valence-corrected chi connectivity index (χ3v) is 2.52. The highest BCUT2D eigenvalue weighted by molar-refractivity contribution is 5.66. The molecule has 2 aromatic heterocycles. The highest BCUT2D eigenvalue weighted by Crippen LogP contribution is 2.24. The van der Waals surface area contributed by atoms with Crippen LogP contribution in [0.3, 0.4) is 0 Å². The summed E-state index contributed by atoms with van der Waals surface area (Å²) in [5.74, 6) is 0.997. The first-order valence-electron chi connectivity index (χ1n) is 6.17. The Hall–Kier alpha value is -2.31. The predicted molar refractivity (Wildman–Crippen MR) is 73.1 cm³/mol. The van der Waals surface area contributed by atoms with Crippen molar-refractivity contribution in [2.75, 3.05) is 24.2 Å². The lowest BCUT2D eigenvalue weighted by atomic mass is 10.4. The summed E-state index contributed by atoms with van der Waals surface area (Å²) in [5.41, 5.74) is 7.49. The Labute approximate surface area is 111 Å². The molecule has 102 valence electrons. The number of nitrogen functional groups attached to an aromatic ring is 1. The quantitative estimate of drug-likeness (QED) is 0.809. The Balaban J connectivity index is 1.94. The zero-order valence-corrected chi connectivity index (χ0v) is 11.1. The second-order valence-electron chi connectivity index (χ2n) is 4.08. The zero-order valence-electron chi connectivity index (χ0n) is 11.1. The number of nitrogens with zero attached hydrogens (tertiary/aromatic N) is 4. The second-order valence-corrected chi connectivity index (χ2v) is 4.08. The van der Waals surface area contributed by atoms with E-state index in [2.05, 4.69) is 20.4 Å². The van der Waals surface area contributed by atoms with Gasteiger partial charge in [-0.15, -0.1) is 0 Å². The van der Waals surface area contributed by atoms with Crippen LogP contribution in [0.15, 0.2) is 18.7 Å². The molecule has 0 radical (unpaired) electrons. The first kappa shape index (κ1) is 13.1. The molecule has 7 nitrogen and oxygen atoms in total. The monoisotopic (exact) mass is 262 g/mol. The van der Waals surface area contributed by atoms with Crippen molar-refractivity contribution in [3.63, 3.8) is 0 Å². The van der Waals surface area contributed by atoms with Gasteiger partial charge in [0.15, 0.2) is 5.82 Å². The predicted octanol–water partition coefficient (Wildman–Crippen LogP) is 1.07. The van der Waals surface area contributed by atoms with Crippen molar-refractivity contribution in [3.05, 3.63) is 24.3 Å². The van der Waals surface area contributed by atoms with E-state index in [0.29, 0.717) is 30.5 Å². The van der Waals surface area contributed by atoms with Crippen LogP contribution in [0.2, 0.25) is 0 Å². The molecule has 19 heavy (non-hydrogen) atoms. The molecule has 2 rings (SSSR count). The van der Waals surface area contributed by atoms with Crippen molar-refractivity contribution in [1.82, 2.24) is 19.7 Å². The average molecular weight is 262 g/mol. The minimum Gasteiger partial charge on any atom is -0.476 e. The van der Waals surface area contributed by atoms with E-state index >= 15 is 0 Å². The molecule has 0 spiro atoms. The summed E-state index contributed by atoms with van der Waals surface area (Å²) in [7, 11) is 0. The van der Waals surface area contributed by atoms with E-state index in [4.69, 9.17) is 10.5 Å². The molecule has 0 fully saturated rings. The molecule has 2 heterocycles. The molecule has 0 aromatic carbocycles. The van der Waals surface area contributed by atoms with Gasteiger partial charge in [-0.1, -0.05) is 0 Å². The molecule has 0 saturated heterocycles. The summed E-state index contributed by atoms with van der Waals surface area (Å²) in [6.07, 6.45) is 5.24. The van der Waals surface area contributed by atoms with Crippen LogP contribution >= 0.6 is 0 Å². The molecular formula is C12H18N6O. The van der Waals surface area contributed by atoms with Gasteiger partial charge in [-0.3, -0.25) is 4.68 Å². The van der Waals surface area contributed by atoms with Crippen LogP contribution in [0, 0.1) is 6.92 Å². The van der Waals surface area contributed by atoms with E-state index < -0.39 is 0 Å². The zero-order chi connectivity index (χ0) is 13.7. The van der Waals surface area contributed by atoms with Gasteiger partial charge >= 0.3 is 0 Å². The van der Waals surface area contributed by atoms with Gasteiger partial charge in [0.2, 0.25) is 5.88 Å². The molecule has 0 amide bonds. The maximum atomic E-state index is 5.92. The first-order chi connectivity index (χ1) is 9.20. The van der Waals surface area contributed by atoms with Crippen LogP contribution in [0.5, 0.6) is 5.88 Å². The number of aryl methyl sites for hydroxylation is 1. The summed E-state index contributed by atoms with van der Waals surface area (Å²) in [4.78, 5) is 8.08. The smallest absolute Gasteiger partial charge is 0.242 e. The van der Waals surface area contributed by atoms with Crippen molar-refractivity contribution in [3.8, 4) is 5.88 Å². The van der Waals surface area contributed by atoms with E-state index in [1.54, 1.807) is 0 Å². The van der Waals surface area contributed by atoms with E-state index in [-0.39, 0.29) is 0 Å². The standard InChI is InChI=1S/C12H18N6O/c1-3-19-12-10(13)11(15-8-16-12)14-4-5-18-7-9(2)6-17-18/h6-8H,3-5,13H2,1-2H3,(H,14,15,16). The number of rotatable bonds is 6. The molecule has 0 aliphatic rings. The topological polar surface area (TPSA) is 90.9 Å². The number of ether oxygens (including phenoxy) is 1. The fourth-order valence-corrected chi connectivity index (χ4v) is 1.65. The Bertz CT molecular complexity index is 539. The van der Waals surface area contributed by atoms with E-state index in [0.717, 1.165) is 12.1 Å². The van der Waals surface area contributed by atoms with Gasteiger partial charge in [0.25, 0.3) is 0 Å². The van der Waals surface area contributed by atoms with Crippen molar-refractivity contribution in [2.45, 2.75) is 20.4 Å². The second kappa shape index (κ2) is 6.03. The average Bonchev–Trinajstić information content (AvgIpc) is 2.80. The van der Waals surface area contributed by atoms with Crippen molar-refractivity contribution in [2.24, 2.45) is 0 Å². The number of anilines is 2. The van der Waals surface area contributed by atoms with E-state index in [9.17, 15) is 0 Å². The summed E-state index contributed by atoms with van der Waals surface area (Å²) in [6.45, 7) is 5.82. The number of hydrogen-bond acceptors (Lipinski definition) is 6. The summed E-state index contributed by atoms with van der Waals surface area (Å²) >= 11 is 0. The summed E-state index contributed by atoms with van der Waals surface area (Å²) < 4.78 is 7.18. The van der Waals surface area contributed by atoms with Gasteiger partial charge in [0.1, 0.15) is 12.0 Å². The molecule has 2 aromatic rings. The van der Waals surface area contributed by atoms with Gasteiger partial charge in [0, 0.05) is 12.7 Å². The number of hydrogen-bond donors (Lipinski definition) is 2. The van der Waals surface area contributed by atoms with Crippen molar-refractivity contribution in [1.29, 1.82) is 0 Å². The van der Waals surface area contributed by atoms with Crippen LogP contribution in [0.25, 0.3) is 0 Å². The molecule has 0 aliphatic carbocycles. The Morgan fingerprint density at radius 3 is 2.95 bits per heavy atom. The third-order valence-electron chi connectivity index (χ3n) is 2.52. The number of nitrogens with one attached hydrogen (secondary N) is 1. The van der Waals surface area contributed by atoms with Crippen LogP contribution in [0.1, 0.15) is 12.5 Å². The van der Waals surface area contributed by atoms with Gasteiger partial charge in [-0.25, -0.2) is 4.98 Å². The molecule has 0 unspecified atom stereocenters. The highest BCUT2D eigenvalue weighted by atomic mass is 16.5. The minimum atomic E-state index is 0.412.